The lowest BCUT2D eigenvalue weighted by Crippen LogP contribution is -2.50. The average molecular weight is 505 g/mol. The molecular weight excluding hydrogens is 472 g/mol. The Bertz CT molecular complexity index is 934. The van der Waals surface area contributed by atoms with Crippen LogP contribution in [0.2, 0.25) is 0 Å². The van der Waals surface area contributed by atoms with Crippen LogP contribution in [-0.4, -0.2) is 85.2 Å². The van der Waals surface area contributed by atoms with E-state index in [0.717, 1.165) is 12.1 Å². The van der Waals surface area contributed by atoms with E-state index in [9.17, 15) is 24.3 Å². The number of hydroxylamine groups is 1. The molecule has 2 heterocycles. The average Bonchev–Trinajstić information content (AvgIpc) is 3.41. The zero-order valence-electron chi connectivity index (χ0n) is 19.9. The van der Waals surface area contributed by atoms with Crippen LogP contribution in [0.1, 0.15) is 24.8 Å². The van der Waals surface area contributed by atoms with Crippen molar-refractivity contribution in [2.75, 3.05) is 39.3 Å². The van der Waals surface area contributed by atoms with Crippen LogP contribution in [0.25, 0.3) is 0 Å². The molecule has 36 heavy (non-hydrogen) atoms. The Hall–Kier alpha value is -3.87. The van der Waals surface area contributed by atoms with E-state index in [1.807, 2.05) is 6.07 Å². The fourth-order valence-electron chi connectivity index (χ4n) is 3.73. The molecule has 13 heteroatoms. The molecule has 0 aliphatic carbocycles. The van der Waals surface area contributed by atoms with Gasteiger partial charge in [0.05, 0.1) is 19.6 Å². The minimum atomic E-state index is -1.34. The van der Waals surface area contributed by atoms with E-state index in [0.29, 0.717) is 38.4 Å². The second-order valence-corrected chi connectivity index (χ2v) is 8.35. The molecule has 13 nitrogen and oxygen atoms in total. The summed E-state index contributed by atoms with van der Waals surface area (Å²) in [6.07, 6.45) is 0.228. The third-order valence-electron chi connectivity index (χ3n) is 5.76. The molecule has 1 aromatic rings. The molecule has 1 aromatic carbocycles. The Morgan fingerprint density at radius 3 is 2.58 bits per heavy atom. The van der Waals surface area contributed by atoms with Crippen molar-refractivity contribution in [1.82, 2.24) is 26.3 Å². The topological polar surface area (TPSA) is 171 Å². The van der Waals surface area contributed by atoms with Gasteiger partial charge in [0.1, 0.15) is 12.6 Å². The van der Waals surface area contributed by atoms with Crippen molar-refractivity contribution in [3.05, 3.63) is 35.9 Å². The van der Waals surface area contributed by atoms with Gasteiger partial charge in [-0.15, -0.1) is 0 Å². The van der Waals surface area contributed by atoms with Crippen molar-refractivity contribution in [1.29, 1.82) is 0 Å². The molecule has 5 N–H and O–H groups in total. The van der Waals surface area contributed by atoms with E-state index < -0.39 is 18.1 Å². The fourth-order valence-corrected chi connectivity index (χ4v) is 3.73. The summed E-state index contributed by atoms with van der Waals surface area (Å²) in [7, 11) is 0. The second-order valence-electron chi connectivity index (χ2n) is 8.35. The van der Waals surface area contributed by atoms with Crippen LogP contribution >= 0.6 is 0 Å². The Morgan fingerprint density at radius 1 is 1.17 bits per heavy atom. The van der Waals surface area contributed by atoms with Crippen molar-refractivity contribution in [2.24, 2.45) is 10.9 Å². The van der Waals surface area contributed by atoms with Crippen LogP contribution in [0.5, 0.6) is 0 Å². The van der Waals surface area contributed by atoms with Gasteiger partial charge in [0.25, 0.3) is 0 Å². The highest BCUT2D eigenvalue weighted by Gasteiger charge is 2.29. The molecule has 3 rings (SSSR count). The summed E-state index contributed by atoms with van der Waals surface area (Å²) < 4.78 is 5.04. The Labute approximate surface area is 208 Å². The first-order valence-electron chi connectivity index (χ1n) is 11.8. The van der Waals surface area contributed by atoms with Gasteiger partial charge in [0, 0.05) is 32.1 Å². The molecule has 0 bridgehead atoms. The van der Waals surface area contributed by atoms with Gasteiger partial charge in [0.2, 0.25) is 17.8 Å². The van der Waals surface area contributed by atoms with Crippen LogP contribution < -0.4 is 21.4 Å². The van der Waals surface area contributed by atoms with Gasteiger partial charge in [-0.2, -0.15) is 0 Å². The summed E-state index contributed by atoms with van der Waals surface area (Å²) in [6.45, 7) is 2.19. The van der Waals surface area contributed by atoms with Crippen LogP contribution in [0.3, 0.4) is 0 Å². The quantitative estimate of drug-likeness (QED) is 0.198. The maximum atomic E-state index is 12.5. The number of carboxylic acid groups (broad SMARTS) is 1. The molecule has 0 aromatic heterocycles. The number of piperidine rings is 1. The third-order valence-corrected chi connectivity index (χ3v) is 5.76. The minimum Gasteiger partial charge on any atom is -0.480 e. The number of rotatable bonds is 11. The molecule has 0 unspecified atom stereocenters. The number of carbonyl (C=O) groups is 4. The molecule has 196 valence electrons. The largest absolute Gasteiger partial charge is 0.480 e. The van der Waals surface area contributed by atoms with E-state index in [2.05, 4.69) is 26.4 Å². The van der Waals surface area contributed by atoms with Gasteiger partial charge >= 0.3 is 12.1 Å². The van der Waals surface area contributed by atoms with Crippen molar-refractivity contribution in [3.8, 4) is 0 Å². The fraction of sp³-hybridized carbons (Fsp3) is 0.522. The summed E-state index contributed by atoms with van der Waals surface area (Å²) in [6, 6.07) is 7.63. The number of hydrogen-bond donors (Lipinski definition) is 5. The summed E-state index contributed by atoms with van der Waals surface area (Å²) in [5.74, 6) is -1.47. The lowest BCUT2D eigenvalue weighted by atomic mass is 9.95. The Balaban J connectivity index is 1.32. The van der Waals surface area contributed by atoms with Gasteiger partial charge in [0.15, 0.2) is 0 Å². The maximum Gasteiger partial charge on any atom is 0.408 e. The summed E-state index contributed by atoms with van der Waals surface area (Å²) >= 11 is 0. The van der Waals surface area contributed by atoms with Crippen molar-refractivity contribution < 1.29 is 33.9 Å². The number of nitrogens with one attached hydrogen (secondary N) is 4. The first kappa shape index (κ1) is 26.7. The summed E-state index contributed by atoms with van der Waals surface area (Å²) in [5.41, 5.74) is 3.42. The van der Waals surface area contributed by atoms with E-state index in [4.69, 9.17) is 9.57 Å². The third kappa shape index (κ3) is 8.73. The first-order chi connectivity index (χ1) is 17.4. The Morgan fingerprint density at radius 2 is 1.92 bits per heavy atom. The van der Waals surface area contributed by atoms with Gasteiger partial charge in [-0.05, 0) is 18.4 Å². The number of benzene rings is 1. The monoisotopic (exact) mass is 504 g/mol. The van der Waals surface area contributed by atoms with E-state index >= 15 is 0 Å². The summed E-state index contributed by atoms with van der Waals surface area (Å²) in [5, 5.41) is 17.2. The van der Waals surface area contributed by atoms with Crippen LogP contribution in [-0.2, 0) is 30.6 Å². The molecule has 3 amide bonds. The number of guanidine groups is 1. The minimum absolute atomic E-state index is 0.00218. The number of aliphatic carboxylic acids is 1. The lowest BCUT2D eigenvalue weighted by Gasteiger charge is -2.31. The summed E-state index contributed by atoms with van der Waals surface area (Å²) in [4.78, 5) is 59.4. The molecule has 1 saturated heterocycles. The standard InChI is InChI=1S/C23H32N6O7/c30-19(8-13-36-28-22-24-9-10-25-22)29-11-6-17(7-12-29)20(31)26-14-18(21(32)33)27-23(34)35-15-16-4-2-1-3-5-16/h1-5,17-18H,6-15H2,(H,26,31)(H,27,34)(H,32,33)(H2,24,25,28)/t18-/m0/s1. The number of carbonyl (C=O) groups excluding carboxylic acids is 3. The number of ether oxygens (including phenoxy) is 1. The predicted molar refractivity (Wildman–Crippen MR) is 128 cm³/mol. The molecule has 1 atom stereocenters. The van der Waals surface area contributed by atoms with E-state index in [1.54, 1.807) is 29.2 Å². The molecule has 1 fully saturated rings. The number of carboxylic acids is 1. The van der Waals surface area contributed by atoms with Crippen LogP contribution in [0.15, 0.2) is 35.3 Å². The van der Waals surface area contributed by atoms with Crippen molar-refractivity contribution in [3.63, 3.8) is 0 Å². The number of hydrogen-bond acceptors (Lipinski definition) is 9. The second kappa shape index (κ2) is 13.9. The number of alkyl carbamates (subject to hydrolysis) is 1. The van der Waals surface area contributed by atoms with Gasteiger partial charge in [-0.3, -0.25) is 14.4 Å². The molecule has 0 radical (unpaired) electrons. The predicted octanol–water partition coefficient (Wildman–Crippen LogP) is -0.409. The lowest BCUT2D eigenvalue weighted by molar-refractivity contribution is -0.140. The molecule has 0 saturated carbocycles. The van der Waals surface area contributed by atoms with Gasteiger partial charge in [-0.1, -0.05) is 30.3 Å². The smallest absolute Gasteiger partial charge is 0.408 e. The molecule has 2 aliphatic rings. The van der Waals surface area contributed by atoms with Crippen molar-refractivity contribution >= 4 is 29.8 Å². The van der Waals surface area contributed by atoms with Crippen LogP contribution in [0.4, 0.5) is 4.79 Å². The number of aliphatic imine (C=N–C) groups is 1. The number of nitrogens with zero attached hydrogens (tertiary/aromatic N) is 2. The first-order valence-corrected chi connectivity index (χ1v) is 11.8. The van der Waals surface area contributed by atoms with E-state index in [-0.39, 0.29) is 43.9 Å². The SMILES string of the molecule is O=C(N[C@@H](CNC(=O)C1CCN(C(=O)CCONC2=NCCN2)CC1)C(=O)O)OCc1ccccc1. The zero-order valence-corrected chi connectivity index (χ0v) is 19.9. The molecular formula is C23H32N6O7. The highest BCUT2D eigenvalue weighted by molar-refractivity contribution is 5.83. The Kier molecular flexibility index (Phi) is 10.3. The maximum absolute atomic E-state index is 12.5. The van der Waals surface area contributed by atoms with Crippen molar-refractivity contribution in [2.45, 2.75) is 31.9 Å². The highest BCUT2D eigenvalue weighted by atomic mass is 16.6. The van der Waals surface area contributed by atoms with E-state index in [1.165, 1.54) is 0 Å². The normalized spacial score (nSPS) is 16.3. The molecule has 2 aliphatic heterocycles. The molecule has 0 spiro atoms. The number of likely N-dealkylation sites (tertiary alicyclic amines) is 1. The zero-order chi connectivity index (χ0) is 25.8. The van der Waals surface area contributed by atoms with Gasteiger partial charge in [-0.25, -0.2) is 20.1 Å². The van der Waals surface area contributed by atoms with Crippen LogP contribution in [0, 0.1) is 5.92 Å². The highest BCUT2D eigenvalue weighted by Crippen LogP contribution is 2.18. The van der Waals surface area contributed by atoms with Gasteiger partial charge < -0.3 is 30.7 Å². The number of amides is 3.